The van der Waals surface area contributed by atoms with Crippen LogP contribution in [0.3, 0.4) is 0 Å². The number of para-hydroxylation sites is 2. The maximum atomic E-state index is 12.5. The maximum Gasteiger partial charge on any atom is 0.222 e. The maximum absolute atomic E-state index is 12.5. The number of likely N-dealkylation sites (tertiary alicyclic amines) is 1. The first-order valence-corrected chi connectivity index (χ1v) is 9.45. The largest absolute Gasteiger partial charge is 0.494 e. The average Bonchev–Trinajstić information content (AvgIpc) is 2.71. The van der Waals surface area contributed by atoms with Crippen molar-refractivity contribution in [3.05, 3.63) is 60.7 Å². The number of carbonyl (C=O) groups is 1. The standard InChI is InChI=1S/C22H27NO3/c24-22(14-8-16-25-20-10-3-1-4-11-20)23-15-7-9-19(17-23)18-26-21-12-5-2-6-13-21/h1-6,10-13,19H,7-9,14-18H2. The van der Waals surface area contributed by atoms with E-state index in [1.807, 2.05) is 65.6 Å². The van der Waals surface area contributed by atoms with Crippen molar-refractivity contribution in [3.63, 3.8) is 0 Å². The zero-order valence-electron chi connectivity index (χ0n) is 15.2. The summed E-state index contributed by atoms with van der Waals surface area (Å²) in [5, 5.41) is 0. The van der Waals surface area contributed by atoms with E-state index in [1.165, 1.54) is 0 Å². The molecule has 2 aromatic carbocycles. The van der Waals surface area contributed by atoms with Gasteiger partial charge in [-0.2, -0.15) is 0 Å². The van der Waals surface area contributed by atoms with Gasteiger partial charge in [0, 0.05) is 25.4 Å². The highest BCUT2D eigenvalue weighted by atomic mass is 16.5. The molecule has 0 spiro atoms. The van der Waals surface area contributed by atoms with Crippen LogP contribution in [-0.4, -0.2) is 37.1 Å². The summed E-state index contributed by atoms with van der Waals surface area (Å²) in [4.78, 5) is 14.4. The van der Waals surface area contributed by atoms with E-state index in [9.17, 15) is 4.79 Å². The van der Waals surface area contributed by atoms with Crippen molar-refractivity contribution in [3.8, 4) is 11.5 Å². The highest BCUT2D eigenvalue weighted by Gasteiger charge is 2.23. The third kappa shape index (κ3) is 5.80. The molecule has 0 bridgehead atoms. The molecule has 0 saturated carbocycles. The zero-order valence-corrected chi connectivity index (χ0v) is 15.2. The molecule has 1 saturated heterocycles. The molecule has 1 heterocycles. The van der Waals surface area contributed by atoms with Gasteiger partial charge in [0.25, 0.3) is 0 Å². The molecular formula is C22H27NO3. The third-order valence-electron chi connectivity index (χ3n) is 4.65. The molecule has 0 aliphatic carbocycles. The second-order valence-corrected chi connectivity index (χ2v) is 6.74. The zero-order chi connectivity index (χ0) is 18.0. The van der Waals surface area contributed by atoms with Crippen molar-refractivity contribution >= 4 is 5.91 Å². The Morgan fingerprint density at radius 1 is 0.962 bits per heavy atom. The van der Waals surface area contributed by atoms with Crippen LogP contribution in [0.4, 0.5) is 0 Å². The van der Waals surface area contributed by atoms with Gasteiger partial charge in [0.1, 0.15) is 11.5 Å². The monoisotopic (exact) mass is 353 g/mol. The van der Waals surface area contributed by atoms with Crippen LogP contribution >= 0.6 is 0 Å². The molecular weight excluding hydrogens is 326 g/mol. The summed E-state index contributed by atoms with van der Waals surface area (Å²) in [6, 6.07) is 19.6. The number of benzene rings is 2. The summed E-state index contributed by atoms with van der Waals surface area (Å²) in [5.41, 5.74) is 0. The second-order valence-electron chi connectivity index (χ2n) is 6.74. The summed E-state index contributed by atoms with van der Waals surface area (Å²) in [5.74, 6) is 2.39. The normalized spacial score (nSPS) is 16.9. The lowest BCUT2D eigenvalue weighted by molar-refractivity contribution is -0.133. The molecule has 1 atom stereocenters. The van der Waals surface area contributed by atoms with Crippen LogP contribution < -0.4 is 9.47 Å². The molecule has 3 rings (SSSR count). The molecule has 1 aliphatic rings. The number of nitrogens with zero attached hydrogens (tertiary/aromatic N) is 1. The van der Waals surface area contributed by atoms with E-state index in [2.05, 4.69) is 0 Å². The Hall–Kier alpha value is -2.49. The quantitative estimate of drug-likeness (QED) is 0.669. The topological polar surface area (TPSA) is 38.8 Å². The third-order valence-corrected chi connectivity index (χ3v) is 4.65. The van der Waals surface area contributed by atoms with E-state index >= 15 is 0 Å². The second kappa shape index (κ2) is 9.85. The molecule has 26 heavy (non-hydrogen) atoms. The molecule has 0 radical (unpaired) electrons. The van der Waals surface area contributed by atoms with Gasteiger partial charge in [-0.3, -0.25) is 4.79 Å². The Morgan fingerprint density at radius 3 is 2.31 bits per heavy atom. The first-order chi connectivity index (χ1) is 12.8. The van der Waals surface area contributed by atoms with Crippen LogP contribution in [0.1, 0.15) is 25.7 Å². The smallest absolute Gasteiger partial charge is 0.222 e. The van der Waals surface area contributed by atoms with Gasteiger partial charge in [-0.05, 0) is 43.5 Å². The molecule has 2 aromatic rings. The fraction of sp³-hybridized carbons (Fsp3) is 0.409. The lowest BCUT2D eigenvalue weighted by atomic mass is 9.98. The van der Waals surface area contributed by atoms with Crippen LogP contribution in [0.25, 0.3) is 0 Å². The fourth-order valence-electron chi connectivity index (χ4n) is 3.25. The van der Waals surface area contributed by atoms with Gasteiger partial charge in [0.15, 0.2) is 0 Å². The van der Waals surface area contributed by atoms with E-state index in [0.29, 0.717) is 25.6 Å². The minimum absolute atomic E-state index is 0.228. The molecule has 138 valence electrons. The van der Waals surface area contributed by atoms with Crippen molar-refractivity contribution in [2.75, 3.05) is 26.3 Å². The van der Waals surface area contributed by atoms with Crippen molar-refractivity contribution < 1.29 is 14.3 Å². The number of amides is 1. The average molecular weight is 353 g/mol. The number of ether oxygens (including phenoxy) is 2. The van der Waals surface area contributed by atoms with Crippen molar-refractivity contribution in [2.45, 2.75) is 25.7 Å². The van der Waals surface area contributed by atoms with Crippen LogP contribution in [0, 0.1) is 5.92 Å². The Morgan fingerprint density at radius 2 is 1.62 bits per heavy atom. The molecule has 0 aromatic heterocycles. The van der Waals surface area contributed by atoms with Crippen molar-refractivity contribution in [1.82, 2.24) is 4.90 Å². The Bertz CT molecular complexity index is 660. The van der Waals surface area contributed by atoms with E-state index in [1.54, 1.807) is 0 Å². The highest BCUT2D eigenvalue weighted by molar-refractivity contribution is 5.76. The Labute approximate surface area is 155 Å². The van der Waals surface area contributed by atoms with E-state index < -0.39 is 0 Å². The van der Waals surface area contributed by atoms with Gasteiger partial charge >= 0.3 is 0 Å². The first-order valence-electron chi connectivity index (χ1n) is 9.45. The van der Waals surface area contributed by atoms with Crippen LogP contribution in [0.15, 0.2) is 60.7 Å². The van der Waals surface area contributed by atoms with Crippen molar-refractivity contribution in [1.29, 1.82) is 0 Å². The molecule has 4 nitrogen and oxygen atoms in total. The molecule has 4 heteroatoms. The minimum Gasteiger partial charge on any atom is -0.494 e. The van der Waals surface area contributed by atoms with Crippen molar-refractivity contribution in [2.24, 2.45) is 5.92 Å². The predicted octanol–water partition coefficient (Wildman–Crippen LogP) is 4.16. The minimum atomic E-state index is 0.228. The van der Waals surface area contributed by atoms with Gasteiger partial charge in [0.2, 0.25) is 5.91 Å². The van der Waals surface area contributed by atoms with Gasteiger partial charge in [-0.15, -0.1) is 0 Å². The summed E-state index contributed by atoms with van der Waals surface area (Å²) < 4.78 is 11.5. The first kappa shape index (κ1) is 18.3. The number of hydrogen-bond acceptors (Lipinski definition) is 3. The Balaban J connectivity index is 1.36. The molecule has 1 fully saturated rings. The van der Waals surface area contributed by atoms with Crippen LogP contribution in [-0.2, 0) is 4.79 Å². The summed E-state index contributed by atoms with van der Waals surface area (Å²) in [7, 11) is 0. The SMILES string of the molecule is O=C(CCCOc1ccccc1)N1CCCC(COc2ccccc2)C1. The van der Waals surface area contributed by atoms with E-state index in [-0.39, 0.29) is 5.91 Å². The molecule has 1 unspecified atom stereocenters. The van der Waals surface area contributed by atoms with Gasteiger partial charge in [0.05, 0.1) is 13.2 Å². The van der Waals surface area contributed by atoms with E-state index in [0.717, 1.165) is 43.9 Å². The predicted molar refractivity (Wildman–Crippen MR) is 102 cm³/mol. The fourth-order valence-corrected chi connectivity index (χ4v) is 3.25. The number of rotatable bonds is 8. The van der Waals surface area contributed by atoms with Gasteiger partial charge in [-0.25, -0.2) is 0 Å². The molecule has 1 aliphatic heterocycles. The summed E-state index contributed by atoms with van der Waals surface area (Å²) in [6.07, 6.45) is 3.46. The Kier molecular flexibility index (Phi) is 6.94. The van der Waals surface area contributed by atoms with Gasteiger partial charge < -0.3 is 14.4 Å². The number of piperidine rings is 1. The van der Waals surface area contributed by atoms with Gasteiger partial charge in [-0.1, -0.05) is 36.4 Å². The molecule has 0 N–H and O–H groups in total. The number of carbonyl (C=O) groups excluding carboxylic acids is 1. The lowest BCUT2D eigenvalue weighted by Gasteiger charge is -2.32. The van der Waals surface area contributed by atoms with Crippen LogP contribution in [0.5, 0.6) is 11.5 Å². The van der Waals surface area contributed by atoms with E-state index in [4.69, 9.17) is 9.47 Å². The highest BCUT2D eigenvalue weighted by Crippen LogP contribution is 2.19. The van der Waals surface area contributed by atoms with Crippen LogP contribution in [0.2, 0.25) is 0 Å². The summed E-state index contributed by atoms with van der Waals surface area (Å²) in [6.45, 7) is 2.90. The number of hydrogen-bond donors (Lipinski definition) is 0. The molecule has 1 amide bonds. The summed E-state index contributed by atoms with van der Waals surface area (Å²) >= 11 is 0. The lowest BCUT2D eigenvalue weighted by Crippen LogP contribution is -2.41.